The number of carbonyl (C=O) groups excluding carboxylic acids is 2. The van der Waals surface area contributed by atoms with Gasteiger partial charge in [0.15, 0.2) is 5.62 Å². The maximum atomic E-state index is 11.4. The normalized spacial score (nSPS) is 10.0. The predicted octanol–water partition coefficient (Wildman–Crippen LogP) is 2.92. The van der Waals surface area contributed by atoms with Crippen LogP contribution in [-0.4, -0.2) is 24.7 Å². The molecule has 10 heteroatoms. The van der Waals surface area contributed by atoms with Gasteiger partial charge >= 0.3 is 5.55 Å². The summed E-state index contributed by atoms with van der Waals surface area (Å²) in [5.74, 6) is 0. The second kappa shape index (κ2) is 10.4. The second-order valence-corrected chi connectivity index (χ2v) is 9.38. The van der Waals surface area contributed by atoms with Crippen molar-refractivity contribution < 1.29 is 22.5 Å². The molecule has 0 saturated heterocycles. The molecule has 0 heterocycles. The van der Waals surface area contributed by atoms with Crippen LogP contribution in [0.3, 0.4) is 0 Å². The zero-order valence-electron chi connectivity index (χ0n) is 7.28. The quantitative estimate of drug-likeness (QED) is 0.350. The Morgan fingerprint density at radius 1 is 1.36 bits per heavy atom. The standard InChI is InChI=1S/C3H7O4PS3.CH2OS/c1-6-10-8(5,3(4)9)11-7-2;2-1-3/h1-2H3,(H,4,9);1H,(H,2,3). The summed E-state index contributed by atoms with van der Waals surface area (Å²) in [6, 6.07) is 0. The molecule has 0 N–H and O–H groups in total. The van der Waals surface area contributed by atoms with E-state index in [1.54, 1.807) is 0 Å². The van der Waals surface area contributed by atoms with Gasteiger partial charge in [0, 0.05) is 0 Å². The monoisotopic (exact) mass is 296 g/mol. The molecule has 0 fully saturated rings. The van der Waals surface area contributed by atoms with Crippen molar-refractivity contribution in [3.8, 4) is 0 Å². The van der Waals surface area contributed by atoms with Crippen LogP contribution in [-0.2, 0) is 17.7 Å². The maximum absolute atomic E-state index is 11.4. The highest BCUT2D eigenvalue weighted by molar-refractivity contribution is 8.94. The van der Waals surface area contributed by atoms with Gasteiger partial charge in [-0.15, -0.1) is 12.6 Å². The number of hydrogen-bond donors (Lipinski definition) is 2. The van der Waals surface area contributed by atoms with Gasteiger partial charge in [0.05, 0.1) is 37.5 Å². The van der Waals surface area contributed by atoms with Gasteiger partial charge in [0.2, 0.25) is 0 Å². The first-order valence-corrected chi connectivity index (χ1v) is 8.21. The molecule has 0 radical (unpaired) electrons. The second-order valence-electron chi connectivity index (χ2n) is 1.37. The molecule has 0 spiro atoms. The molecule has 0 amide bonds. The minimum atomic E-state index is -3.18. The summed E-state index contributed by atoms with van der Waals surface area (Å²) in [6.07, 6.45) is 0. The summed E-state index contributed by atoms with van der Waals surface area (Å²) in [5.41, 5.74) is -2.73. The molecule has 0 aliphatic carbocycles. The first-order valence-electron chi connectivity index (χ1n) is 2.84. The fourth-order valence-corrected chi connectivity index (χ4v) is 4.37. The molecule has 0 rings (SSSR count). The molecule has 0 unspecified atom stereocenters. The van der Waals surface area contributed by atoms with Crippen molar-refractivity contribution in [3.63, 3.8) is 0 Å². The fraction of sp³-hybridized carbons (Fsp3) is 0.500. The fourth-order valence-electron chi connectivity index (χ4n) is 0.272. The van der Waals surface area contributed by atoms with E-state index in [0.29, 0.717) is 28.9 Å². The van der Waals surface area contributed by atoms with Crippen LogP contribution in [0.25, 0.3) is 0 Å². The molecule has 0 aromatic rings. The molecular weight excluding hydrogens is 287 g/mol. The lowest BCUT2D eigenvalue weighted by atomic mass is 11.8. The molecule has 0 aromatic heterocycles. The van der Waals surface area contributed by atoms with Crippen LogP contribution in [0, 0.1) is 0 Å². The highest BCUT2D eigenvalue weighted by atomic mass is 33.1. The van der Waals surface area contributed by atoms with Crippen molar-refractivity contribution in [2.45, 2.75) is 0 Å². The largest absolute Gasteiger partial charge is 0.314 e. The summed E-state index contributed by atoms with van der Waals surface area (Å²) in [7, 11) is 2.65. The van der Waals surface area contributed by atoms with Gasteiger partial charge in [-0.2, -0.15) is 0 Å². The third kappa shape index (κ3) is 8.22. The van der Waals surface area contributed by atoms with Gasteiger partial charge < -0.3 is 8.37 Å². The molecule has 84 valence electrons. The molecule has 0 bridgehead atoms. The van der Waals surface area contributed by atoms with E-state index in [0.717, 1.165) is 0 Å². The van der Waals surface area contributed by atoms with E-state index in [1.807, 2.05) is 0 Å². The van der Waals surface area contributed by atoms with Crippen LogP contribution >= 0.6 is 54.1 Å². The van der Waals surface area contributed by atoms with Gasteiger partial charge in [0.25, 0.3) is 4.86 Å². The van der Waals surface area contributed by atoms with Crippen LogP contribution in [0.15, 0.2) is 0 Å². The van der Waals surface area contributed by atoms with Crippen molar-refractivity contribution in [1.29, 1.82) is 0 Å². The van der Waals surface area contributed by atoms with E-state index in [1.165, 1.54) is 14.2 Å². The third-order valence-corrected chi connectivity index (χ3v) is 7.56. The Morgan fingerprint density at radius 2 is 1.64 bits per heavy atom. The first kappa shape index (κ1) is 17.3. The lowest BCUT2D eigenvalue weighted by Gasteiger charge is -2.07. The minimum absolute atomic E-state index is 0.444. The van der Waals surface area contributed by atoms with Crippen molar-refractivity contribution in [2.24, 2.45) is 0 Å². The van der Waals surface area contributed by atoms with Gasteiger partial charge in [0.1, 0.15) is 0 Å². The number of thiol groups is 2. The Kier molecular flexibility index (Phi) is 12.9. The van der Waals surface area contributed by atoms with Crippen molar-refractivity contribution in [3.05, 3.63) is 0 Å². The Labute approximate surface area is 101 Å². The third-order valence-electron chi connectivity index (χ3n) is 0.580. The van der Waals surface area contributed by atoms with Crippen LogP contribution in [0.5, 0.6) is 0 Å². The van der Waals surface area contributed by atoms with E-state index >= 15 is 0 Å². The molecular formula is C4H9O5PS4. The predicted molar refractivity (Wildman–Crippen MR) is 66.9 cm³/mol. The van der Waals surface area contributed by atoms with E-state index in [9.17, 15) is 9.36 Å². The summed E-state index contributed by atoms with van der Waals surface area (Å²) < 4.78 is 20.4. The minimum Gasteiger partial charge on any atom is -0.311 e. The van der Waals surface area contributed by atoms with Crippen molar-refractivity contribution >= 4 is 64.6 Å². The average molecular weight is 296 g/mol. The SMILES string of the molecule is COSP(=O)(SOC)C(=O)S.O=CS. The van der Waals surface area contributed by atoms with E-state index in [-0.39, 0.29) is 0 Å². The van der Waals surface area contributed by atoms with Crippen molar-refractivity contribution in [2.75, 3.05) is 14.2 Å². The van der Waals surface area contributed by atoms with Gasteiger partial charge in [-0.05, 0) is 0 Å². The van der Waals surface area contributed by atoms with Crippen LogP contribution in [0.1, 0.15) is 0 Å². The van der Waals surface area contributed by atoms with Gasteiger partial charge in [-0.3, -0.25) is 14.2 Å². The molecule has 0 aliphatic heterocycles. The summed E-state index contributed by atoms with van der Waals surface area (Å²) in [4.78, 5) is 18.6. The number of hydrogen-bond acceptors (Lipinski definition) is 7. The Balaban J connectivity index is 0. The molecule has 0 aliphatic rings. The Bertz CT molecular complexity index is 212. The van der Waals surface area contributed by atoms with Crippen LogP contribution < -0.4 is 0 Å². The molecule has 0 atom stereocenters. The van der Waals surface area contributed by atoms with Gasteiger partial charge in [-0.1, -0.05) is 12.6 Å². The van der Waals surface area contributed by atoms with Crippen LogP contribution in [0.4, 0.5) is 4.79 Å². The van der Waals surface area contributed by atoms with E-state index < -0.39 is 10.4 Å². The number of rotatable bonds is 5. The lowest BCUT2D eigenvalue weighted by Crippen LogP contribution is -1.81. The molecule has 5 nitrogen and oxygen atoms in total. The summed E-state index contributed by atoms with van der Waals surface area (Å²) >= 11 is 7.71. The van der Waals surface area contributed by atoms with E-state index in [2.05, 4.69) is 33.6 Å². The van der Waals surface area contributed by atoms with Crippen LogP contribution in [0.2, 0.25) is 0 Å². The highest BCUT2D eigenvalue weighted by Gasteiger charge is 2.32. The molecule has 14 heavy (non-hydrogen) atoms. The Morgan fingerprint density at radius 3 is 1.79 bits per heavy atom. The molecule has 0 saturated carbocycles. The first-order chi connectivity index (χ1) is 6.48. The topological polar surface area (TPSA) is 69.7 Å². The van der Waals surface area contributed by atoms with Crippen molar-refractivity contribution in [1.82, 2.24) is 0 Å². The zero-order chi connectivity index (χ0) is 11.6. The average Bonchev–Trinajstić information content (AvgIpc) is 2.06. The zero-order valence-corrected chi connectivity index (χ0v) is 11.6. The highest BCUT2D eigenvalue weighted by Crippen LogP contribution is 2.70. The lowest BCUT2D eigenvalue weighted by molar-refractivity contribution is 0.275. The summed E-state index contributed by atoms with van der Waals surface area (Å²) in [6.45, 7) is 0. The molecule has 0 aromatic carbocycles. The summed E-state index contributed by atoms with van der Waals surface area (Å²) in [5, 5.41) is 0. The van der Waals surface area contributed by atoms with Gasteiger partial charge in [-0.25, -0.2) is 0 Å². The van der Waals surface area contributed by atoms with E-state index in [4.69, 9.17) is 4.79 Å². The maximum Gasteiger partial charge on any atom is 0.314 e. The number of carbonyl (C=O) groups is 2. The smallest absolute Gasteiger partial charge is 0.311 e. The Hall–Kier alpha value is 0.890.